The Balaban J connectivity index is 1.34. The lowest BCUT2D eigenvalue weighted by Gasteiger charge is -2.43. The van der Waals surface area contributed by atoms with E-state index >= 15 is 0 Å². The maximum Gasteiger partial charge on any atom is 0.254 e. The molecule has 2 fully saturated rings. The molecule has 9 heteroatoms. The van der Waals surface area contributed by atoms with Crippen molar-refractivity contribution in [3.63, 3.8) is 0 Å². The molecule has 3 aromatic rings. The van der Waals surface area contributed by atoms with Crippen LogP contribution in [0.5, 0.6) is 11.5 Å². The lowest BCUT2D eigenvalue weighted by Crippen LogP contribution is -2.57. The molecule has 0 unspecified atom stereocenters. The van der Waals surface area contributed by atoms with E-state index in [1.54, 1.807) is 42.2 Å². The summed E-state index contributed by atoms with van der Waals surface area (Å²) in [6.45, 7) is 1.05. The lowest BCUT2D eigenvalue weighted by atomic mass is 9.85. The van der Waals surface area contributed by atoms with Crippen LogP contribution in [0.2, 0.25) is 0 Å². The highest BCUT2D eigenvalue weighted by molar-refractivity contribution is 6.00. The third-order valence-electron chi connectivity index (χ3n) is 7.45. The van der Waals surface area contributed by atoms with Crippen molar-refractivity contribution < 1.29 is 23.9 Å². The molecule has 3 aromatic carbocycles. The van der Waals surface area contributed by atoms with Crippen LogP contribution in [0, 0.1) is 0 Å². The SMILES string of the molecule is COc1cc(OC)cc(C(=O)N2CCC3(CC2)C(=O)N(CC(=O)Nc2ccccc2)CN3c2ccccc2)c1. The predicted octanol–water partition coefficient (Wildman–Crippen LogP) is 3.62. The van der Waals surface area contributed by atoms with E-state index in [4.69, 9.17) is 9.47 Å². The molecule has 202 valence electrons. The van der Waals surface area contributed by atoms with Gasteiger partial charge >= 0.3 is 0 Å². The number of para-hydroxylation sites is 2. The third kappa shape index (κ3) is 5.25. The van der Waals surface area contributed by atoms with Gasteiger partial charge in [0.2, 0.25) is 5.91 Å². The topological polar surface area (TPSA) is 91.4 Å². The van der Waals surface area contributed by atoms with E-state index in [2.05, 4.69) is 10.2 Å². The summed E-state index contributed by atoms with van der Waals surface area (Å²) in [6.07, 6.45) is 0.898. The van der Waals surface area contributed by atoms with E-state index in [0.717, 1.165) is 5.69 Å². The average Bonchev–Trinajstić information content (AvgIpc) is 3.23. The van der Waals surface area contributed by atoms with Crippen LogP contribution in [-0.2, 0) is 9.59 Å². The first-order valence-corrected chi connectivity index (χ1v) is 12.9. The summed E-state index contributed by atoms with van der Waals surface area (Å²) in [5.41, 5.74) is 1.23. The second kappa shape index (κ2) is 11.1. The summed E-state index contributed by atoms with van der Waals surface area (Å²) in [5, 5.41) is 2.87. The molecule has 1 N–H and O–H groups in total. The van der Waals surface area contributed by atoms with Crippen LogP contribution in [0.3, 0.4) is 0 Å². The number of amides is 3. The first kappa shape index (κ1) is 26.1. The number of nitrogens with zero attached hydrogens (tertiary/aromatic N) is 3. The van der Waals surface area contributed by atoms with Crippen molar-refractivity contribution in [3.05, 3.63) is 84.4 Å². The standard InChI is InChI=1S/C30H32N4O5/c1-38-25-17-22(18-26(19-25)39-2)28(36)32-15-13-30(14-16-32)29(37)33(21-34(30)24-11-7-4-8-12-24)20-27(35)31-23-9-5-3-6-10-23/h3-12,17-19H,13-16,20-21H2,1-2H3,(H,31,35). The molecule has 2 heterocycles. The fraction of sp³-hybridized carbons (Fsp3) is 0.300. The van der Waals surface area contributed by atoms with Crippen molar-refractivity contribution in [1.29, 1.82) is 0 Å². The summed E-state index contributed by atoms with van der Waals surface area (Å²) in [4.78, 5) is 45.6. The zero-order valence-corrected chi connectivity index (χ0v) is 22.1. The molecule has 5 rings (SSSR count). The number of carbonyl (C=O) groups is 3. The molecule has 0 bridgehead atoms. The monoisotopic (exact) mass is 528 g/mol. The zero-order valence-electron chi connectivity index (χ0n) is 22.1. The minimum atomic E-state index is -0.836. The Hall–Kier alpha value is -4.53. The van der Waals surface area contributed by atoms with Crippen molar-refractivity contribution >= 4 is 29.1 Å². The van der Waals surface area contributed by atoms with Gasteiger partial charge in [-0.3, -0.25) is 14.4 Å². The Bertz CT molecular complexity index is 1320. The van der Waals surface area contributed by atoms with Gasteiger partial charge in [-0.1, -0.05) is 36.4 Å². The number of nitrogens with one attached hydrogen (secondary N) is 1. The van der Waals surface area contributed by atoms with E-state index in [9.17, 15) is 14.4 Å². The lowest BCUT2D eigenvalue weighted by molar-refractivity contribution is -0.136. The van der Waals surface area contributed by atoms with Crippen molar-refractivity contribution in [3.8, 4) is 11.5 Å². The van der Waals surface area contributed by atoms with Crippen LogP contribution in [0.1, 0.15) is 23.2 Å². The maximum atomic E-state index is 13.9. The normalized spacial score (nSPS) is 16.4. The fourth-order valence-corrected chi connectivity index (χ4v) is 5.41. The second-order valence-electron chi connectivity index (χ2n) is 9.75. The number of hydrogen-bond donors (Lipinski definition) is 1. The number of ether oxygens (including phenoxy) is 2. The first-order chi connectivity index (χ1) is 18.9. The number of anilines is 2. The number of piperidine rings is 1. The molecule has 2 aliphatic heterocycles. The van der Waals surface area contributed by atoms with Gasteiger partial charge in [0.1, 0.15) is 23.6 Å². The molecule has 0 aliphatic carbocycles. The van der Waals surface area contributed by atoms with Crippen LogP contribution < -0.4 is 19.7 Å². The summed E-state index contributed by atoms with van der Waals surface area (Å²) in [5.74, 6) is 0.593. The van der Waals surface area contributed by atoms with Crippen LogP contribution >= 0.6 is 0 Å². The summed E-state index contributed by atoms with van der Waals surface area (Å²) >= 11 is 0. The predicted molar refractivity (Wildman–Crippen MR) is 148 cm³/mol. The smallest absolute Gasteiger partial charge is 0.254 e. The molecule has 2 saturated heterocycles. The van der Waals surface area contributed by atoms with E-state index < -0.39 is 5.54 Å². The minimum absolute atomic E-state index is 0.0505. The molecular weight excluding hydrogens is 496 g/mol. The number of carbonyl (C=O) groups excluding carboxylic acids is 3. The van der Waals surface area contributed by atoms with Gasteiger partial charge in [0.25, 0.3) is 11.8 Å². The van der Waals surface area contributed by atoms with Crippen LogP contribution in [-0.4, -0.2) is 73.6 Å². The molecule has 0 atom stereocenters. The summed E-state index contributed by atoms with van der Waals surface area (Å²) in [6, 6.07) is 24.1. The number of rotatable bonds is 7. The van der Waals surface area contributed by atoms with Crippen LogP contribution in [0.15, 0.2) is 78.9 Å². The summed E-state index contributed by atoms with van der Waals surface area (Å²) in [7, 11) is 3.09. The van der Waals surface area contributed by atoms with Crippen molar-refractivity contribution in [2.75, 3.05) is 50.7 Å². The van der Waals surface area contributed by atoms with Gasteiger partial charge in [0.15, 0.2) is 0 Å². The average molecular weight is 529 g/mol. The molecule has 1 spiro atoms. The second-order valence-corrected chi connectivity index (χ2v) is 9.75. The zero-order chi connectivity index (χ0) is 27.4. The molecule has 0 saturated carbocycles. The Labute approximate surface area is 227 Å². The number of hydrogen-bond acceptors (Lipinski definition) is 6. The largest absolute Gasteiger partial charge is 0.497 e. The van der Waals surface area contributed by atoms with Gasteiger partial charge in [-0.25, -0.2) is 0 Å². The van der Waals surface area contributed by atoms with Gasteiger partial charge in [0.05, 0.1) is 20.9 Å². The van der Waals surface area contributed by atoms with Crippen LogP contribution in [0.25, 0.3) is 0 Å². The first-order valence-electron chi connectivity index (χ1n) is 12.9. The van der Waals surface area contributed by atoms with Crippen molar-refractivity contribution in [2.24, 2.45) is 0 Å². The summed E-state index contributed by atoms with van der Waals surface area (Å²) < 4.78 is 10.7. The van der Waals surface area contributed by atoms with E-state index in [1.165, 1.54) is 0 Å². The van der Waals surface area contributed by atoms with Crippen molar-refractivity contribution in [2.45, 2.75) is 18.4 Å². The highest BCUT2D eigenvalue weighted by Gasteiger charge is 2.54. The molecule has 2 aliphatic rings. The third-order valence-corrected chi connectivity index (χ3v) is 7.45. The molecule has 39 heavy (non-hydrogen) atoms. The molecular formula is C30H32N4O5. The van der Waals surface area contributed by atoms with Gasteiger partial charge < -0.3 is 29.5 Å². The quantitative estimate of drug-likeness (QED) is 0.504. The molecule has 0 radical (unpaired) electrons. The Morgan fingerprint density at radius 2 is 1.46 bits per heavy atom. The fourth-order valence-electron chi connectivity index (χ4n) is 5.41. The van der Waals surface area contributed by atoms with Gasteiger partial charge in [-0.05, 0) is 49.2 Å². The van der Waals surface area contributed by atoms with Gasteiger partial charge in [-0.15, -0.1) is 0 Å². The molecule has 9 nitrogen and oxygen atoms in total. The van der Waals surface area contributed by atoms with E-state index in [-0.39, 0.29) is 24.3 Å². The number of likely N-dealkylation sites (tertiary alicyclic amines) is 1. The Kier molecular flexibility index (Phi) is 7.40. The van der Waals surface area contributed by atoms with E-state index in [1.807, 2.05) is 60.7 Å². The maximum absolute atomic E-state index is 13.9. The Morgan fingerprint density at radius 3 is 2.05 bits per heavy atom. The highest BCUT2D eigenvalue weighted by Crippen LogP contribution is 2.40. The van der Waals surface area contributed by atoms with Crippen molar-refractivity contribution in [1.82, 2.24) is 9.80 Å². The highest BCUT2D eigenvalue weighted by atomic mass is 16.5. The molecule has 0 aromatic heterocycles. The number of benzene rings is 3. The minimum Gasteiger partial charge on any atom is -0.497 e. The van der Waals surface area contributed by atoms with E-state index in [0.29, 0.717) is 55.3 Å². The van der Waals surface area contributed by atoms with Gasteiger partial charge in [-0.2, -0.15) is 0 Å². The van der Waals surface area contributed by atoms with Gasteiger partial charge in [0, 0.05) is 36.1 Å². The Morgan fingerprint density at radius 1 is 0.872 bits per heavy atom. The molecule has 3 amide bonds. The van der Waals surface area contributed by atoms with Crippen LogP contribution in [0.4, 0.5) is 11.4 Å². The number of methoxy groups -OCH3 is 2.